The SMILES string of the molecule is CCOC(=O)[C@H](C)OCC(C)OC. The van der Waals surface area contributed by atoms with E-state index in [2.05, 4.69) is 0 Å². The Labute approximate surface area is 79.2 Å². The Hall–Kier alpha value is -0.610. The van der Waals surface area contributed by atoms with E-state index < -0.39 is 6.10 Å². The maximum Gasteiger partial charge on any atom is 0.334 e. The molecule has 0 fully saturated rings. The first kappa shape index (κ1) is 12.4. The van der Waals surface area contributed by atoms with E-state index in [1.54, 1.807) is 21.0 Å². The maximum absolute atomic E-state index is 11.1. The molecule has 0 rings (SSSR count). The molecule has 78 valence electrons. The summed E-state index contributed by atoms with van der Waals surface area (Å²) >= 11 is 0. The number of ether oxygens (including phenoxy) is 3. The van der Waals surface area contributed by atoms with Gasteiger partial charge in [0, 0.05) is 7.11 Å². The molecule has 0 saturated carbocycles. The van der Waals surface area contributed by atoms with E-state index in [9.17, 15) is 4.79 Å². The van der Waals surface area contributed by atoms with Gasteiger partial charge in [-0.25, -0.2) is 4.79 Å². The lowest BCUT2D eigenvalue weighted by Gasteiger charge is -2.14. The summed E-state index contributed by atoms with van der Waals surface area (Å²) in [7, 11) is 1.60. The molecule has 13 heavy (non-hydrogen) atoms. The number of hydrogen-bond acceptors (Lipinski definition) is 4. The van der Waals surface area contributed by atoms with Gasteiger partial charge in [-0.1, -0.05) is 0 Å². The van der Waals surface area contributed by atoms with E-state index in [0.29, 0.717) is 13.2 Å². The zero-order chi connectivity index (χ0) is 10.3. The lowest BCUT2D eigenvalue weighted by Crippen LogP contribution is -2.27. The predicted octanol–water partition coefficient (Wildman–Crippen LogP) is 0.990. The van der Waals surface area contributed by atoms with E-state index in [4.69, 9.17) is 14.2 Å². The maximum atomic E-state index is 11.1. The first-order chi connectivity index (χ1) is 6.11. The van der Waals surface area contributed by atoms with Gasteiger partial charge in [0.05, 0.1) is 19.3 Å². The molecule has 1 unspecified atom stereocenters. The number of carbonyl (C=O) groups is 1. The van der Waals surface area contributed by atoms with Crippen molar-refractivity contribution >= 4 is 5.97 Å². The molecule has 0 spiro atoms. The Balaban J connectivity index is 3.60. The number of rotatable bonds is 6. The summed E-state index contributed by atoms with van der Waals surface area (Å²) in [5, 5.41) is 0. The number of carbonyl (C=O) groups excluding carboxylic acids is 1. The van der Waals surface area contributed by atoms with Crippen LogP contribution >= 0.6 is 0 Å². The van der Waals surface area contributed by atoms with Gasteiger partial charge in [0.15, 0.2) is 6.10 Å². The zero-order valence-electron chi connectivity index (χ0n) is 8.70. The van der Waals surface area contributed by atoms with Gasteiger partial charge in [-0.05, 0) is 20.8 Å². The largest absolute Gasteiger partial charge is 0.464 e. The normalized spacial score (nSPS) is 15.1. The van der Waals surface area contributed by atoms with Gasteiger partial charge in [-0.3, -0.25) is 0 Å². The minimum absolute atomic E-state index is 0.00289. The first-order valence-corrected chi connectivity index (χ1v) is 4.42. The fourth-order valence-corrected chi connectivity index (χ4v) is 0.676. The van der Waals surface area contributed by atoms with Crippen LogP contribution in [0.3, 0.4) is 0 Å². The van der Waals surface area contributed by atoms with Crippen molar-refractivity contribution in [1.29, 1.82) is 0 Å². The van der Waals surface area contributed by atoms with Crippen molar-refractivity contribution < 1.29 is 19.0 Å². The van der Waals surface area contributed by atoms with Gasteiger partial charge in [0.2, 0.25) is 0 Å². The molecule has 0 heterocycles. The minimum atomic E-state index is -0.516. The molecule has 0 saturated heterocycles. The fourth-order valence-electron chi connectivity index (χ4n) is 0.676. The van der Waals surface area contributed by atoms with Gasteiger partial charge in [-0.15, -0.1) is 0 Å². The van der Waals surface area contributed by atoms with E-state index in [1.165, 1.54) is 0 Å². The van der Waals surface area contributed by atoms with Crippen LogP contribution in [0.1, 0.15) is 20.8 Å². The summed E-state index contributed by atoms with van der Waals surface area (Å²) in [6.45, 7) is 6.09. The third-order valence-electron chi connectivity index (χ3n) is 1.60. The average molecular weight is 190 g/mol. The van der Waals surface area contributed by atoms with Crippen LogP contribution in [-0.2, 0) is 19.0 Å². The Morgan fingerprint density at radius 2 is 2.00 bits per heavy atom. The fraction of sp³-hybridized carbons (Fsp3) is 0.889. The Bertz CT molecular complexity index is 147. The molecule has 0 N–H and O–H groups in total. The topological polar surface area (TPSA) is 44.8 Å². The summed E-state index contributed by atoms with van der Waals surface area (Å²) < 4.78 is 14.9. The second-order valence-electron chi connectivity index (χ2n) is 2.77. The van der Waals surface area contributed by atoms with E-state index >= 15 is 0 Å². The molecular weight excluding hydrogens is 172 g/mol. The predicted molar refractivity (Wildman–Crippen MR) is 48.5 cm³/mol. The zero-order valence-corrected chi connectivity index (χ0v) is 8.70. The smallest absolute Gasteiger partial charge is 0.334 e. The third kappa shape index (κ3) is 5.60. The minimum Gasteiger partial charge on any atom is -0.464 e. The van der Waals surface area contributed by atoms with Crippen LogP contribution in [0.25, 0.3) is 0 Å². The summed E-state index contributed by atoms with van der Waals surface area (Å²) in [4.78, 5) is 11.1. The van der Waals surface area contributed by atoms with Crippen LogP contribution in [0, 0.1) is 0 Å². The highest BCUT2D eigenvalue weighted by molar-refractivity contribution is 5.74. The summed E-state index contributed by atoms with van der Waals surface area (Å²) in [6.07, 6.45) is -0.519. The quantitative estimate of drug-likeness (QED) is 0.586. The molecule has 2 atom stereocenters. The van der Waals surface area contributed by atoms with Crippen molar-refractivity contribution in [3.05, 3.63) is 0 Å². The third-order valence-corrected chi connectivity index (χ3v) is 1.60. The number of esters is 1. The van der Waals surface area contributed by atoms with Crippen molar-refractivity contribution in [2.24, 2.45) is 0 Å². The van der Waals surface area contributed by atoms with Gasteiger partial charge >= 0.3 is 5.97 Å². The van der Waals surface area contributed by atoms with Crippen molar-refractivity contribution in [3.8, 4) is 0 Å². The van der Waals surface area contributed by atoms with Crippen LogP contribution in [0.4, 0.5) is 0 Å². The highest BCUT2D eigenvalue weighted by Crippen LogP contribution is 1.97. The molecule has 0 aliphatic heterocycles. The van der Waals surface area contributed by atoms with Crippen molar-refractivity contribution in [2.75, 3.05) is 20.3 Å². The Morgan fingerprint density at radius 1 is 1.38 bits per heavy atom. The highest BCUT2D eigenvalue weighted by atomic mass is 16.6. The average Bonchev–Trinajstić information content (AvgIpc) is 2.13. The van der Waals surface area contributed by atoms with Crippen LogP contribution in [0.15, 0.2) is 0 Å². The van der Waals surface area contributed by atoms with Crippen molar-refractivity contribution in [1.82, 2.24) is 0 Å². The highest BCUT2D eigenvalue weighted by Gasteiger charge is 2.15. The van der Waals surface area contributed by atoms with Crippen LogP contribution < -0.4 is 0 Å². The van der Waals surface area contributed by atoms with Gasteiger partial charge in [0.25, 0.3) is 0 Å². The molecule has 0 bridgehead atoms. The second kappa shape index (κ2) is 6.86. The molecule has 4 nitrogen and oxygen atoms in total. The molecular formula is C9H18O4. The lowest BCUT2D eigenvalue weighted by atomic mass is 10.4. The van der Waals surface area contributed by atoms with Crippen LogP contribution in [0.5, 0.6) is 0 Å². The summed E-state index contributed by atoms with van der Waals surface area (Å²) in [5.74, 6) is -0.328. The van der Waals surface area contributed by atoms with Gasteiger partial charge in [-0.2, -0.15) is 0 Å². The first-order valence-electron chi connectivity index (χ1n) is 4.42. The molecule has 0 aromatic rings. The molecule has 0 aromatic carbocycles. The second-order valence-corrected chi connectivity index (χ2v) is 2.77. The van der Waals surface area contributed by atoms with Gasteiger partial charge in [0.1, 0.15) is 0 Å². The standard InChI is InChI=1S/C9H18O4/c1-5-12-9(10)8(3)13-6-7(2)11-4/h7-8H,5-6H2,1-4H3/t7?,8-/m0/s1. The van der Waals surface area contributed by atoms with Crippen molar-refractivity contribution in [2.45, 2.75) is 33.0 Å². The van der Waals surface area contributed by atoms with E-state index in [0.717, 1.165) is 0 Å². The lowest BCUT2D eigenvalue weighted by molar-refractivity contribution is -0.157. The molecule has 0 aliphatic rings. The molecule has 0 aromatic heterocycles. The number of hydrogen-bond donors (Lipinski definition) is 0. The molecule has 0 aliphatic carbocycles. The summed E-state index contributed by atoms with van der Waals surface area (Å²) in [5.41, 5.74) is 0. The van der Waals surface area contributed by atoms with Gasteiger partial charge < -0.3 is 14.2 Å². The van der Waals surface area contributed by atoms with E-state index in [1.807, 2.05) is 6.92 Å². The monoisotopic (exact) mass is 190 g/mol. The molecule has 4 heteroatoms. The Morgan fingerprint density at radius 3 is 2.46 bits per heavy atom. The number of methoxy groups -OCH3 is 1. The van der Waals surface area contributed by atoms with Crippen LogP contribution in [0.2, 0.25) is 0 Å². The Kier molecular flexibility index (Phi) is 6.54. The van der Waals surface area contributed by atoms with Crippen molar-refractivity contribution in [3.63, 3.8) is 0 Å². The molecule has 0 radical (unpaired) electrons. The van der Waals surface area contributed by atoms with Crippen LogP contribution in [-0.4, -0.2) is 38.5 Å². The summed E-state index contributed by atoms with van der Waals surface area (Å²) in [6, 6.07) is 0. The molecule has 0 amide bonds. The van der Waals surface area contributed by atoms with E-state index in [-0.39, 0.29) is 12.1 Å².